The molecule has 6 heteroatoms. The minimum absolute atomic E-state index is 0.252. The number of halogens is 2. The molecule has 0 unspecified atom stereocenters. The van der Waals surface area contributed by atoms with Crippen molar-refractivity contribution in [3.05, 3.63) is 94.0 Å². The van der Waals surface area contributed by atoms with E-state index in [9.17, 15) is 9.59 Å². The van der Waals surface area contributed by atoms with E-state index in [1.165, 1.54) is 0 Å². The summed E-state index contributed by atoms with van der Waals surface area (Å²) in [5, 5.41) is 6.17. The molecule has 4 nitrogen and oxygen atoms in total. The Balaban J connectivity index is 1.71. The molecule has 0 aliphatic carbocycles. The fourth-order valence-corrected chi connectivity index (χ4v) is 2.79. The number of nitrogens with one attached hydrogen (secondary N) is 2. The first-order valence-electron chi connectivity index (χ1n) is 7.76. The average molecular weight is 385 g/mol. The SMILES string of the molecule is O=C(Nc1ccccc1)c1ccc(C(=O)Nc2c(Cl)cccc2Cl)cc1. The van der Waals surface area contributed by atoms with Crippen LogP contribution in [0, 0.1) is 0 Å². The quantitative estimate of drug-likeness (QED) is 0.623. The standard InChI is InChI=1S/C20H14Cl2N2O2/c21-16-7-4-8-17(22)18(16)24-20(26)14-11-9-13(10-12-14)19(25)23-15-5-2-1-3-6-15/h1-12H,(H,23,25)(H,24,26). The van der Waals surface area contributed by atoms with E-state index >= 15 is 0 Å². The van der Waals surface area contributed by atoms with Crippen molar-refractivity contribution in [1.29, 1.82) is 0 Å². The monoisotopic (exact) mass is 384 g/mol. The second-order valence-corrected chi connectivity index (χ2v) is 6.26. The van der Waals surface area contributed by atoms with Crippen LogP contribution in [0.25, 0.3) is 0 Å². The Bertz CT molecular complexity index is 922. The van der Waals surface area contributed by atoms with Crippen LogP contribution in [0.5, 0.6) is 0 Å². The highest BCUT2D eigenvalue weighted by molar-refractivity contribution is 6.40. The first-order valence-corrected chi connectivity index (χ1v) is 8.52. The second kappa shape index (κ2) is 8.04. The first-order chi connectivity index (χ1) is 12.5. The summed E-state index contributed by atoms with van der Waals surface area (Å²) < 4.78 is 0. The van der Waals surface area contributed by atoms with E-state index in [1.54, 1.807) is 54.6 Å². The molecular weight excluding hydrogens is 371 g/mol. The third-order valence-corrected chi connectivity index (χ3v) is 4.27. The average Bonchev–Trinajstić information content (AvgIpc) is 2.65. The van der Waals surface area contributed by atoms with Crippen LogP contribution in [-0.2, 0) is 0 Å². The first kappa shape index (κ1) is 18.0. The maximum absolute atomic E-state index is 12.4. The molecule has 0 atom stereocenters. The van der Waals surface area contributed by atoms with Gasteiger partial charge < -0.3 is 10.6 Å². The van der Waals surface area contributed by atoms with Gasteiger partial charge in [0.05, 0.1) is 15.7 Å². The molecule has 0 saturated heterocycles. The largest absolute Gasteiger partial charge is 0.322 e. The fraction of sp³-hybridized carbons (Fsp3) is 0. The number of para-hydroxylation sites is 2. The van der Waals surface area contributed by atoms with Gasteiger partial charge >= 0.3 is 0 Å². The lowest BCUT2D eigenvalue weighted by atomic mass is 10.1. The third kappa shape index (κ3) is 4.23. The molecule has 0 heterocycles. The van der Waals surface area contributed by atoms with Crippen molar-refractivity contribution in [2.75, 3.05) is 10.6 Å². The van der Waals surface area contributed by atoms with Gasteiger partial charge in [0.25, 0.3) is 11.8 Å². The molecule has 3 rings (SSSR count). The molecular formula is C20H14Cl2N2O2. The Morgan fingerprint density at radius 1 is 0.615 bits per heavy atom. The number of hydrogen-bond donors (Lipinski definition) is 2. The van der Waals surface area contributed by atoms with Gasteiger partial charge in [-0.3, -0.25) is 9.59 Å². The Morgan fingerprint density at radius 2 is 1.12 bits per heavy atom. The van der Waals surface area contributed by atoms with E-state index in [2.05, 4.69) is 10.6 Å². The lowest BCUT2D eigenvalue weighted by Crippen LogP contribution is -2.14. The number of rotatable bonds is 4. The van der Waals surface area contributed by atoms with Crippen molar-refractivity contribution in [3.8, 4) is 0 Å². The van der Waals surface area contributed by atoms with Gasteiger partial charge in [-0.1, -0.05) is 47.5 Å². The Morgan fingerprint density at radius 3 is 1.65 bits per heavy atom. The van der Waals surface area contributed by atoms with Crippen LogP contribution in [0.4, 0.5) is 11.4 Å². The molecule has 130 valence electrons. The highest BCUT2D eigenvalue weighted by Crippen LogP contribution is 2.30. The topological polar surface area (TPSA) is 58.2 Å². The van der Waals surface area contributed by atoms with E-state index in [4.69, 9.17) is 23.2 Å². The van der Waals surface area contributed by atoms with Crippen molar-refractivity contribution in [2.45, 2.75) is 0 Å². The van der Waals surface area contributed by atoms with Crippen molar-refractivity contribution in [3.63, 3.8) is 0 Å². The lowest BCUT2D eigenvalue weighted by molar-refractivity contribution is 0.101. The Hall–Kier alpha value is -2.82. The van der Waals surface area contributed by atoms with Crippen LogP contribution in [-0.4, -0.2) is 11.8 Å². The zero-order valence-corrected chi connectivity index (χ0v) is 15.0. The van der Waals surface area contributed by atoms with Crippen molar-refractivity contribution < 1.29 is 9.59 Å². The second-order valence-electron chi connectivity index (χ2n) is 5.45. The molecule has 0 aromatic heterocycles. The summed E-state index contributed by atoms with van der Waals surface area (Å²) in [6, 6.07) is 20.4. The maximum Gasteiger partial charge on any atom is 0.255 e. The number of carbonyl (C=O) groups excluding carboxylic acids is 2. The smallest absolute Gasteiger partial charge is 0.255 e. The fourth-order valence-electron chi connectivity index (χ4n) is 2.30. The summed E-state index contributed by atoms with van der Waals surface area (Å²) in [5.41, 5.74) is 1.89. The third-order valence-electron chi connectivity index (χ3n) is 3.64. The van der Waals surface area contributed by atoms with Gasteiger partial charge in [-0.05, 0) is 48.5 Å². The van der Waals surface area contributed by atoms with Crippen LogP contribution in [0.2, 0.25) is 10.0 Å². The normalized spacial score (nSPS) is 10.2. The summed E-state index contributed by atoms with van der Waals surface area (Å²) in [6.45, 7) is 0. The minimum Gasteiger partial charge on any atom is -0.322 e. The van der Waals surface area contributed by atoms with Gasteiger partial charge in [-0.2, -0.15) is 0 Å². The molecule has 26 heavy (non-hydrogen) atoms. The van der Waals surface area contributed by atoms with Gasteiger partial charge in [-0.25, -0.2) is 0 Å². The molecule has 2 amide bonds. The molecule has 3 aromatic rings. The van der Waals surface area contributed by atoms with Crippen LogP contribution >= 0.6 is 23.2 Å². The zero-order chi connectivity index (χ0) is 18.5. The van der Waals surface area contributed by atoms with E-state index in [0.717, 1.165) is 0 Å². The molecule has 0 aliphatic rings. The zero-order valence-electron chi connectivity index (χ0n) is 13.5. The van der Waals surface area contributed by atoms with Gasteiger partial charge in [0.2, 0.25) is 0 Å². The molecule has 2 N–H and O–H groups in total. The molecule has 0 bridgehead atoms. The van der Waals surface area contributed by atoms with Crippen LogP contribution in [0.3, 0.4) is 0 Å². The number of benzene rings is 3. The molecule has 0 aliphatic heterocycles. The van der Waals surface area contributed by atoms with Crippen molar-refractivity contribution in [2.24, 2.45) is 0 Å². The van der Waals surface area contributed by atoms with Crippen molar-refractivity contribution >= 4 is 46.4 Å². The van der Waals surface area contributed by atoms with Gasteiger partial charge in [0, 0.05) is 16.8 Å². The van der Waals surface area contributed by atoms with E-state index in [-0.39, 0.29) is 11.8 Å². The van der Waals surface area contributed by atoms with Gasteiger partial charge in [0.1, 0.15) is 0 Å². The highest BCUT2D eigenvalue weighted by Gasteiger charge is 2.12. The molecule has 0 saturated carbocycles. The predicted octanol–water partition coefficient (Wildman–Crippen LogP) is 5.50. The van der Waals surface area contributed by atoms with Crippen LogP contribution in [0.1, 0.15) is 20.7 Å². The van der Waals surface area contributed by atoms with Crippen LogP contribution in [0.15, 0.2) is 72.8 Å². The van der Waals surface area contributed by atoms with E-state index < -0.39 is 0 Å². The van der Waals surface area contributed by atoms with Gasteiger partial charge in [-0.15, -0.1) is 0 Å². The number of anilines is 2. The van der Waals surface area contributed by atoms with Crippen LogP contribution < -0.4 is 10.6 Å². The van der Waals surface area contributed by atoms with E-state index in [1.807, 2.05) is 18.2 Å². The summed E-state index contributed by atoms with van der Waals surface area (Å²) in [4.78, 5) is 24.6. The highest BCUT2D eigenvalue weighted by atomic mass is 35.5. The lowest BCUT2D eigenvalue weighted by Gasteiger charge is -2.10. The van der Waals surface area contributed by atoms with E-state index in [0.29, 0.717) is 32.5 Å². The Kier molecular flexibility index (Phi) is 5.56. The number of hydrogen-bond acceptors (Lipinski definition) is 2. The molecule has 0 radical (unpaired) electrons. The molecule has 0 spiro atoms. The summed E-state index contributed by atoms with van der Waals surface area (Å²) in [7, 11) is 0. The van der Waals surface area contributed by atoms with Crippen molar-refractivity contribution in [1.82, 2.24) is 0 Å². The molecule has 3 aromatic carbocycles. The summed E-state index contributed by atoms with van der Waals surface area (Å²) in [5.74, 6) is -0.618. The summed E-state index contributed by atoms with van der Waals surface area (Å²) in [6.07, 6.45) is 0. The number of amides is 2. The predicted molar refractivity (Wildman–Crippen MR) is 105 cm³/mol. The summed E-state index contributed by atoms with van der Waals surface area (Å²) >= 11 is 12.1. The maximum atomic E-state index is 12.4. The van der Waals surface area contributed by atoms with Gasteiger partial charge in [0.15, 0.2) is 0 Å². The Labute approximate surface area is 160 Å². The molecule has 0 fully saturated rings. The number of carbonyl (C=O) groups is 2. The minimum atomic E-state index is -0.366.